The number of hydrogen-bond donors (Lipinski definition) is 2. The maximum atomic E-state index is 12.4. The van der Waals surface area contributed by atoms with Crippen molar-refractivity contribution in [3.05, 3.63) is 18.0 Å². The maximum absolute atomic E-state index is 12.4. The molecule has 2 heterocycles. The normalized spacial score (nSPS) is 18.3. The lowest BCUT2D eigenvalue weighted by Crippen LogP contribution is -2.39. The van der Waals surface area contributed by atoms with E-state index in [2.05, 4.69) is 27.4 Å². The highest BCUT2D eigenvalue weighted by atomic mass is 16.6. The van der Waals surface area contributed by atoms with Crippen LogP contribution in [0, 0.1) is 12.8 Å². The number of nitrogens with zero attached hydrogens (tertiary/aromatic N) is 2. The van der Waals surface area contributed by atoms with Crippen LogP contribution in [-0.4, -0.2) is 47.1 Å². The molecule has 0 radical (unpaired) electrons. The lowest BCUT2D eigenvalue weighted by Gasteiger charge is -2.30. The van der Waals surface area contributed by atoms with Crippen LogP contribution in [-0.2, 0) is 9.53 Å². The number of amides is 2. The molecule has 1 saturated heterocycles. The van der Waals surface area contributed by atoms with Crippen molar-refractivity contribution in [2.75, 3.05) is 30.3 Å². The molecule has 0 aromatic carbocycles. The molecule has 0 aliphatic carbocycles. The van der Waals surface area contributed by atoms with Crippen molar-refractivity contribution in [3.63, 3.8) is 0 Å². The quantitative estimate of drug-likeness (QED) is 0.857. The van der Waals surface area contributed by atoms with E-state index < -0.39 is 11.7 Å². The molecule has 1 aliphatic heterocycles. The number of carbonyl (C=O) groups is 2. The lowest BCUT2D eigenvalue weighted by atomic mass is 10.0. The minimum Gasteiger partial charge on any atom is -0.444 e. The van der Waals surface area contributed by atoms with Crippen LogP contribution in [0.4, 0.5) is 16.2 Å². The van der Waals surface area contributed by atoms with E-state index in [-0.39, 0.29) is 5.91 Å². The molecule has 1 fully saturated rings. The fourth-order valence-electron chi connectivity index (χ4n) is 2.97. The Morgan fingerprint density at radius 1 is 1.35 bits per heavy atom. The Morgan fingerprint density at radius 2 is 2.08 bits per heavy atom. The van der Waals surface area contributed by atoms with E-state index in [1.165, 1.54) is 6.42 Å². The van der Waals surface area contributed by atoms with Gasteiger partial charge in [0.2, 0.25) is 5.91 Å². The summed E-state index contributed by atoms with van der Waals surface area (Å²) in [5.74, 6) is 0.555. The smallest absolute Gasteiger partial charge is 0.412 e. The Morgan fingerprint density at radius 3 is 2.73 bits per heavy atom. The number of aromatic nitrogens is 1. The fraction of sp³-hybridized carbons (Fsp3) is 0.632. The third-order valence-corrected chi connectivity index (χ3v) is 4.11. The predicted molar refractivity (Wildman–Crippen MR) is 102 cm³/mol. The van der Waals surface area contributed by atoms with E-state index in [1.807, 2.05) is 6.92 Å². The molecule has 2 rings (SSSR count). The van der Waals surface area contributed by atoms with Crippen LogP contribution in [0.3, 0.4) is 0 Å². The van der Waals surface area contributed by atoms with Gasteiger partial charge >= 0.3 is 6.09 Å². The van der Waals surface area contributed by atoms with Gasteiger partial charge in [0.1, 0.15) is 5.60 Å². The minimum atomic E-state index is -0.579. The second kappa shape index (κ2) is 8.49. The summed E-state index contributed by atoms with van der Waals surface area (Å²) in [5.41, 5.74) is 1.19. The van der Waals surface area contributed by atoms with Crippen LogP contribution < -0.4 is 10.6 Å². The summed E-state index contributed by atoms with van der Waals surface area (Å²) >= 11 is 0. The first kappa shape index (κ1) is 20.2. The summed E-state index contributed by atoms with van der Waals surface area (Å²) in [6.45, 7) is 11.7. The van der Waals surface area contributed by atoms with Crippen LogP contribution in [0.25, 0.3) is 0 Å². The van der Waals surface area contributed by atoms with Crippen molar-refractivity contribution in [1.82, 2.24) is 9.88 Å². The standard InChI is InChI=1S/C19H30N4O3/c1-13-7-6-8-23(11-13)12-17(24)22-16-9-15(10-20-14(16)2)21-18(25)26-19(3,4)5/h9-10,13H,6-8,11-12H2,1-5H3,(H,21,25)(H,22,24)/t13-/m0/s1. The van der Waals surface area contributed by atoms with Gasteiger partial charge < -0.3 is 10.1 Å². The van der Waals surface area contributed by atoms with Crippen LogP contribution in [0.2, 0.25) is 0 Å². The molecule has 7 heteroatoms. The van der Waals surface area contributed by atoms with Crippen molar-refractivity contribution in [2.45, 2.75) is 53.1 Å². The molecular weight excluding hydrogens is 332 g/mol. The highest BCUT2D eigenvalue weighted by Crippen LogP contribution is 2.20. The van der Waals surface area contributed by atoms with E-state index >= 15 is 0 Å². The highest BCUT2D eigenvalue weighted by molar-refractivity contribution is 5.94. The number of carbonyl (C=O) groups excluding carboxylic acids is 2. The number of hydrogen-bond acceptors (Lipinski definition) is 5. The molecule has 144 valence electrons. The zero-order valence-corrected chi connectivity index (χ0v) is 16.4. The Bertz CT molecular complexity index is 655. The van der Waals surface area contributed by atoms with Gasteiger partial charge in [0.05, 0.1) is 29.8 Å². The molecule has 26 heavy (non-hydrogen) atoms. The van der Waals surface area contributed by atoms with Gasteiger partial charge in [0.15, 0.2) is 0 Å². The van der Waals surface area contributed by atoms with Crippen LogP contribution in [0.1, 0.15) is 46.2 Å². The maximum Gasteiger partial charge on any atom is 0.412 e. The Labute approximate surface area is 155 Å². The zero-order chi connectivity index (χ0) is 19.3. The van der Waals surface area contributed by atoms with Crippen LogP contribution in [0.5, 0.6) is 0 Å². The first-order chi connectivity index (χ1) is 12.1. The van der Waals surface area contributed by atoms with Gasteiger partial charge in [-0.2, -0.15) is 0 Å². The van der Waals surface area contributed by atoms with Crippen molar-refractivity contribution in [1.29, 1.82) is 0 Å². The number of likely N-dealkylation sites (tertiary alicyclic amines) is 1. The average molecular weight is 362 g/mol. The van der Waals surface area contributed by atoms with Gasteiger partial charge in [0.25, 0.3) is 0 Å². The molecule has 0 saturated carbocycles. The van der Waals surface area contributed by atoms with Crippen molar-refractivity contribution >= 4 is 23.4 Å². The topological polar surface area (TPSA) is 83.6 Å². The minimum absolute atomic E-state index is 0.0709. The van der Waals surface area contributed by atoms with E-state index in [1.54, 1.807) is 33.0 Å². The molecular formula is C19H30N4O3. The van der Waals surface area contributed by atoms with Crippen molar-refractivity contribution in [3.8, 4) is 0 Å². The average Bonchev–Trinajstić information content (AvgIpc) is 2.48. The van der Waals surface area contributed by atoms with E-state index in [4.69, 9.17) is 4.74 Å². The van der Waals surface area contributed by atoms with Crippen molar-refractivity contribution < 1.29 is 14.3 Å². The van der Waals surface area contributed by atoms with Crippen LogP contribution in [0.15, 0.2) is 12.3 Å². The largest absolute Gasteiger partial charge is 0.444 e. The number of rotatable bonds is 4. The Balaban J connectivity index is 1.96. The van der Waals surface area contributed by atoms with Gasteiger partial charge in [0, 0.05) is 6.54 Å². The van der Waals surface area contributed by atoms with Gasteiger partial charge in [-0.1, -0.05) is 6.92 Å². The number of piperidine rings is 1. The Hall–Kier alpha value is -2.15. The van der Waals surface area contributed by atoms with Gasteiger partial charge in [-0.05, 0) is 59.1 Å². The fourth-order valence-corrected chi connectivity index (χ4v) is 2.97. The zero-order valence-electron chi connectivity index (χ0n) is 16.4. The predicted octanol–water partition coefficient (Wildman–Crippen LogP) is 3.41. The van der Waals surface area contributed by atoms with Gasteiger partial charge in [-0.3, -0.25) is 20.0 Å². The summed E-state index contributed by atoms with van der Waals surface area (Å²) in [7, 11) is 0. The molecule has 1 aromatic heterocycles. The van der Waals surface area contributed by atoms with Crippen molar-refractivity contribution in [2.24, 2.45) is 5.92 Å². The van der Waals surface area contributed by atoms with Gasteiger partial charge in [-0.15, -0.1) is 0 Å². The lowest BCUT2D eigenvalue weighted by molar-refractivity contribution is -0.117. The highest BCUT2D eigenvalue weighted by Gasteiger charge is 2.20. The second-order valence-corrected chi connectivity index (χ2v) is 8.01. The van der Waals surface area contributed by atoms with E-state index in [0.717, 1.165) is 19.5 Å². The number of aryl methyl sites for hydroxylation is 1. The summed E-state index contributed by atoms with van der Waals surface area (Å²) in [6.07, 6.45) is 3.34. The molecule has 0 unspecified atom stereocenters. The molecule has 1 aliphatic rings. The number of anilines is 2. The SMILES string of the molecule is Cc1ncc(NC(=O)OC(C)(C)C)cc1NC(=O)CN1CCC[C@H](C)C1. The molecule has 7 nitrogen and oxygen atoms in total. The number of pyridine rings is 1. The molecule has 0 spiro atoms. The molecule has 0 bridgehead atoms. The van der Waals surface area contributed by atoms with Gasteiger partial charge in [-0.25, -0.2) is 4.79 Å². The first-order valence-corrected chi connectivity index (χ1v) is 9.11. The molecule has 2 amide bonds. The Kier molecular flexibility index (Phi) is 6.58. The van der Waals surface area contributed by atoms with E-state index in [0.29, 0.717) is 29.5 Å². The second-order valence-electron chi connectivity index (χ2n) is 8.01. The molecule has 1 aromatic rings. The van der Waals surface area contributed by atoms with Crippen LogP contribution >= 0.6 is 0 Å². The van der Waals surface area contributed by atoms with E-state index in [9.17, 15) is 9.59 Å². The third-order valence-electron chi connectivity index (χ3n) is 4.11. The summed E-state index contributed by atoms with van der Waals surface area (Å²) in [4.78, 5) is 30.7. The monoisotopic (exact) mass is 362 g/mol. The first-order valence-electron chi connectivity index (χ1n) is 9.11. The number of ether oxygens (including phenoxy) is 1. The summed E-state index contributed by atoms with van der Waals surface area (Å²) in [6, 6.07) is 1.70. The number of nitrogens with one attached hydrogen (secondary N) is 2. The molecule has 1 atom stereocenters. The molecule has 2 N–H and O–H groups in total. The summed E-state index contributed by atoms with van der Waals surface area (Å²) < 4.78 is 5.23. The summed E-state index contributed by atoms with van der Waals surface area (Å²) in [5, 5.41) is 5.54. The third kappa shape index (κ3) is 6.63.